The van der Waals surface area contributed by atoms with Gasteiger partial charge >= 0.3 is 5.97 Å². The predicted molar refractivity (Wildman–Crippen MR) is 84.6 cm³/mol. The van der Waals surface area contributed by atoms with E-state index in [9.17, 15) is 14.7 Å². The number of nitrogens with zero attached hydrogens (tertiary/aromatic N) is 1. The number of carboxylic acids is 1. The van der Waals surface area contributed by atoms with E-state index < -0.39 is 11.6 Å². The Bertz CT molecular complexity index is 578. The van der Waals surface area contributed by atoms with E-state index in [-0.39, 0.29) is 17.7 Å². The molecule has 1 saturated carbocycles. The number of hydrogen-bond acceptors (Lipinski definition) is 3. The van der Waals surface area contributed by atoms with Crippen LogP contribution in [0.4, 0.5) is 0 Å². The third-order valence-electron chi connectivity index (χ3n) is 5.34. The molecule has 1 aromatic rings. The maximum absolute atomic E-state index is 12.6. The zero-order valence-electron chi connectivity index (χ0n) is 13.1. The largest absolute Gasteiger partial charge is 0.481 e. The predicted octanol–water partition coefficient (Wildman–Crippen LogP) is 2.00. The van der Waals surface area contributed by atoms with Crippen molar-refractivity contribution in [3.05, 3.63) is 35.9 Å². The minimum atomic E-state index is -0.864. The van der Waals surface area contributed by atoms with Crippen molar-refractivity contribution >= 4 is 11.9 Å². The molecule has 2 fully saturated rings. The number of benzene rings is 1. The normalized spacial score (nSPS) is 26.9. The van der Waals surface area contributed by atoms with E-state index in [1.165, 1.54) is 0 Å². The van der Waals surface area contributed by atoms with Gasteiger partial charge in [-0.25, -0.2) is 0 Å². The summed E-state index contributed by atoms with van der Waals surface area (Å²) in [5, 5.41) is 19.9. The lowest BCUT2D eigenvalue weighted by atomic mass is 9.84. The molecule has 0 aromatic heterocycles. The van der Waals surface area contributed by atoms with Crippen LogP contribution in [0.3, 0.4) is 0 Å². The summed E-state index contributed by atoms with van der Waals surface area (Å²) in [6.07, 6.45) is 2.76. The van der Waals surface area contributed by atoms with E-state index in [1.807, 2.05) is 30.3 Å². The number of piperidine rings is 1. The van der Waals surface area contributed by atoms with E-state index in [0.717, 1.165) is 5.56 Å². The summed E-state index contributed by atoms with van der Waals surface area (Å²) in [6.45, 7) is 1.05. The standard InChI is InChI=1S/C18H23NO4/c20-16(13-6-7-14(12-13)17(21)22)19-10-8-18(23,9-11-19)15-4-2-1-3-5-15/h1-5,13-14,23H,6-12H2,(H,21,22). The highest BCUT2D eigenvalue weighted by Crippen LogP contribution is 2.36. The Balaban J connectivity index is 1.59. The smallest absolute Gasteiger partial charge is 0.306 e. The molecule has 0 bridgehead atoms. The fourth-order valence-electron chi connectivity index (χ4n) is 3.82. The fraction of sp³-hybridized carbons (Fsp3) is 0.556. The van der Waals surface area contributed by atoms with Crippen LogP contribution in [0.25, 0.3) is 0 Å². The Morgan fingerprint density at radius 3 is 2.22 bits per heavy atom. The van der Waals surface area contributed by atoms with Gasteiger partial charge in [-0.15, -0.1) is 0 Å². The lowest BCUT2D eigenvalue weighted by Gasteiger charge is -2.39. The maximum atomic E-state index is 12.6. The second-order valence-corrected chi connectivity index (χ2v) is 6.77. The van der Waals surface area contributed by atoms with Crippen LogP contribution in [-0.2, 0) is 15.2 Å². The molecule has 1 aliphatic carbocycles. The molecular weight excluding hydrogens is 294 g/mol. The van der Waals surface area contributed by atoms with E-state index in [2.05, 4.69) is 0 Å². The molecule has 3 rings (SSSR count). The van der Waals surface area contributed by atoms with Crippen LogP contribution in [-0.4, -0.2) is 40.1 Å². The van der Waals surface area contributed by atoms with Crippen molar-refractivity contribution in [2.24, 2.45) is 11.8 Å². The van der Waals surface area contributed by atoms with Crippen LogP contribution >= 0.6 is 0 Å². The van der Waals surface area contributed by atoms with E-state index >= 15 is 0 Å². The molecule has 1 aromatic carbocycles. The first kappa shape index (κ1) is 16.0. The van der Waals surface area contributed by atoms with Crippen molar-refractivity contribution in [3.63, 3.8) is 0 Å². The Labute approximate surface area is 135 Å². The zero-order chi connectivity index (χ0) is 16.4. The first-order valence-electron chi connectivity index (χ1n) is 8.29. The summed E-state index contributed by atoms with van der Waals surface area (Å²) in [5.41, 5.74) is 0.0380. The van der Waals surface area contributed by atoms with Crippen molar-refractivity contribution in [1.82, 2.24) is 4.90 Å². The molecule has 2 N–H and O–H groups in total. The highest BCUT2D eigenvalue weighted by molar-refractivity contribution is 5.81. The summed E-state index contributed by atoms with van der Waals surface area (Å²) < 4.78 is 0. The molecule has 2 unspecified atom stereocenters. The van der Waals surface area contributed by atoms with Crippen molar-refractivity contribution in [1.29, 1.82) is 0 Å². The topological polar surface area (TPSA) is 77.8 Å². The molecule has 1 heterocycles. The Morgan fingerprint density at radius 2 is 1.65 bits per heavy atom. The van der Waals surface area contributed by atoms with Gasteiger partial charge in [-0.05, 0) is 37.7 Å². The van der Waals surface area contributed by atoms with Gasteiger partial charge in [0.25, 0.3) is 0 Å². The Hall–Kier alpha value is -1.88. The van der Waals surface area contributed by atoms with Gasteiger partial charge in [0.2, 0.25) is 5.91 Å². The molecule has 1 aliphatic heterocycles. The van der Waals surface area contributed by atoms with Gasteiger partial charge in [-0.1, -0.05) is 30.3 Å². The third-order valence-corrected chi connectivity index (χ3v) is 5.34. The average molecular weight is 317 g/mol. The van der Waals surface area contributed by atoms with Crippen molar-refractivity contribution in [2.75, 3.05) is 13.1 Å². The first-order valence-corrected chi connectivity index (χ1v) is 8.29. The van der Waals surface area contributed by atoms with Crippen LogP contribution < -0.4 is 0 Å². The summed E-state index contributed by atoms with van der Waals surface area (Å²) in [4.78, 5) is 25.4. The van der Waals surface area contributed by atoms with Crippen LogP contribution in [0.15, 0.2) is 30.3 Å². The highest BCUT2D eigenvalue weighted by atomic mass is 16.4. The minimum absolute atomic E-state index is 0.0591. The number of carboxylic acid groups (broad SMARTS) is 1. The average Bonchev–Trinajstić information content (AvgIpc) is 3.06. The van der Waals surface area contributed by atoms with Gasteiger partial charge in [0.1, 0.15) is 0 Å². The van der Waals surface area contributed by atoms with Gasteiger partial charge in [-0.2, -0.15) is 0 Å². The number of hydrogen-bond donors (Lipinski definition) is 2. The van der Waals surface area contributed by atoms with Gasteiger partial charge in [0.15, 0.2) is 0 Å². The number of carbonyl (C=O) groups is 2. The summed E-state index contributed by atoms with van der Waals surface area (Å²) in [7, 11) is 0. The Kier molecular flexibility index (Phi) is 4.39. The zero-order valence-corrected chi connectivity index (χ0v) is 13.1. The van der Waals surface area contributed by atoms with Crippen LogP contribution in [0, 0.1) is 11.8 Å². The van der Waals surface area contributed by atoms with E-state index in [4.69, 9.17) is 5.11 Å². The number of aliphatic carboxylic acids is 1. The number of carbonyl (C=O) groups excluding carboxylic acids is 1. The minimum Gasteiger partial charge on any atom is -0.481 e. The second-order valence-electron chi connectivity index (χ2n) is 6.77. The lowest BCUT2D eigenvalue weighted by molar-refractivity contribution is -0.142. The molecule has 1 amide bonds. The molecule has 5 nitrogen and oxygen atoms in total. The number of rotatable bonds is 3. The van der Waals surface area contributed by atoms with Crippen molar-refractivity contribution < 1.29 is 19.8 Å². The van der Waals surface area contributed by atoms with Gasteiger partial charge < -0.3 is 15.1 Å². The van der Waals surface area contributed by atoms with Gasteiger partial charge in [0, 0.05) is 19.0 Å². The van der Waals surface area contributed by atoms with Crippen LogP contribution in [0.1, 0.15) is 37.7 Å². The van der Waals surface area contributed by atoms with Crippen molar-refractivity contribution in [3.8, 4) is 0 Å². The van der Waals surface area contributed by atoms with E-state index in [1.54, 1.807) is 4.90 Å². The quantitative estimate of drug-likeness (QED) is 0.894. The SMILES string of the molecule is O=C(O)C1CCC(C(=O)N2CCC(O)(c3ccccc3)CC2)C1. The first-order chi connectivity index (χ1) is 11.0. The maximum Gasteiger partial charge on any atom is 0.306 e. The molecule has 1 saturated heterocycles. The van der Waals surface area contributed by atoms with Gasteiger partial charge in [-0.3, -0.25) is 9.59 Å². The summed E-state index contributed by atoms with van der Waals surface area (Å²) >= 11 is 0. The molecular formula is C18H23NO4. The highest BCUT2D eigenvalue weighted by Gasteiger charge is 2.39. The number of amides is 1. The number of likely N-dealkylation sites (tertiary alicyclic amines) is 1. The lowest BCUT2D eigenvalue weighted by Crippen LogP contribution is -2.46. The van der Waals surface area contributed by atoms with Crippen LogP contribution in [0.2, 0.25) is 0 Å². The summed E-state index contributed by atoms with van der Waals surface area (Å²) in [6, 6.07) is 9.59. The van der Waals surface area contributed by atoms with Crippen LogP contribution in [0.5, 0.6) is 0 Å². The molecule has 2 atom stereocenters. The number of aliphatic hydroxyl groups is 1. The molecule has 2 aliphatic rings. The Morgan fingerprint density at radius 1 is 1.04 bits per heavy atom. The van der Waals surface area contributed by atoms with Gasteiger partial charge in [0.05, 0.1) is 11.5 Å². The van der Waals surface area contributed by atoms with E-state index in [0.29, 0.717) is 45.2 Å². The molecule has 5 heteroatoms. The molecule has 23 heavy (non-hydrogen) atoms. The molecule has 0 radical (unpaired) electrons. The fourth-order valence-corrected chi connectivity index (χ4v) is 3.82. The summed E-state index contributed by atoms with van der Waals surface area (Å²) in [5.74, 6) is -1.28. The molecule has 0 spiro atoms. The molecule has 124 valence electrons. The van der Waals surface area contributed by atoms with Crippen molar-refractivity contribution in [2.45, 2.75) is 37.7 Å². The monoisotopic (exact) mass is 317 g/mol. The third kappa shape index (κ3) is 3.24. The second kappa shape index (κ2) is 6.32.